The first-order chi connectivity index (χ1) is 16.3. The van der Waals surface area contributed by atoms with Gasteiger partial charge in [-0.05, 0) is 70.0 Å². The van der Waals surface area contributed by atoms with Crippen LogP contribution in [0.25, 0.3) is 5.76 Å². The average Bonchev–Trinajstić information content (AvgIpc) is 3.09. The predicted octanol–water partition coefficient (Wildman–Crippen LogP) is 4.44. The normalized spacial score (nSPS) is 17.0. The summed E-state index contributed by atoms with van der Waals surface area (Å²) in [5.74, 6) is -1.65. The molecule has 0 saturated carbocycles. The molecule has 34 heavy (non-hydrogen) atoms. The third-order valence-corrected chi connectivity index (χ3v) is 5.96. The minimum atomic E-state index is -0.906. The van der Waals surface area contributed by atoms with Crippen molar-refractivity contribution in [2.75, 3.05) is 17.3 Å². The molecule has 8 nitrogen and oxygen atoms in total. The van der Waals surface area contributed by atoms with E-state index >= 15 is 0 Å². The highest BCUT2D eigenvalue weighted by molar-refractivity contribution is 9.10. The maximum absolute atomic E-state index is 13.2. The number of amides is 2. The first-order valence-corrected chi connectivity index (χ1v) is 11.0. The van der Waals surface area contributed by atoms with Crippen LogP contribution in [0.15, 0.2) is 77.0 Å². The number of Topliss-reactive ketones (excluding diaryl/α,β-unsaturated/α-hetero) is 1. The minimum Gasteiger partial charge on any atom is -0.507 e. The number of hydrogen-bond donors (Lipinski definition) is 2. The van der Waals surface area contributed by atoms with E-state index in [1.165, 1.54) is 18.9 Å². The molecule has 1 aliphatic rings. The fourth-order valence-corrected chi connectivity index (χ4v) is 4.41. The third-order valence-electron chi connectivity index (χ3n) is 5.34. The molecule has 1 aromatic heterocycles. The quantitative estimate of drug-likeness (QED) is 0.292. The van der Waals surface area contributed by atoms with Gasteiger partial charge in [0, 0.05) is 36.3 Å². The van der Waals surface area contributed by atoms with Gasteiger partial charge in [-0.15, -0.1) is 0 Å². The molecule has 0 bridgehead atoms. The van der Waals surface area contributed by atoms with E-state index in [1.54, 1.807) is 67.0 Å². The monoisotopic (exact) mass is 521 g/mol. The molecule has 172 valence electrons. The SMILES string of the molecule is COc1ccc(/C(O)=C2\C(=O)C(=O)N(c3cccc(NC(C)=O)c3)C2c2ccncc2)cc1Br. The van der Waals surface area contributed by atoms with Crippen LogP contribution in [0.5, 0.6) is 5.75 Å². The number of anilines is 2. The maximum atomic E-state index is 13.2. The lowest BCUT2D eigenvalue weighted by Crippen LogP contribution is -2.29. The molecule has 2 aromatic carbocycles. The number of aromatic nitrogens is 1. The average molecular weight is 522 g/mol. The van der Waals surface area contributed by atoms with Crippen LogP contribution >= 0.6 is 15.9 Å². The topological polar surface area (TPSA) is 109 Å². The lowest BCUT2D eigenvalue weighted by atomic mass is 9.95. The summed E-state index contributed by atoms with van der Waals surface area (Å²) in [5.41, 5.74) is 1.74. The maximum Gasteiger partial charge on any atom is 0.300 e. The van der Waals surface area contributed by atoms with E-state index in [9.17, 15) is 19.5 Å². The number of ketones is 1. The van der Waals surface area contributed by atoms with Crippen molar-refractivity contribution < 1.29 is 24.2 Å². The molecule has 1 fully saturated rings. The molecule has 2 N–H and O–H groups in total. The van der Waals surface area contributed by atoms with Gasteiger partial charge in [-0.3, -0.25) is 24.3 Å². The van der Waals surface area contributed by atoms with Gasteiger partial charge in [0.2, 0.25) is 5.91 Å². The standard InChI is InChI=1S/C25H20BrN3O5/c1-14(30)28-17-4-3-5-18(13-17)29-22(15-8-10-27-11-9-15)21(24(32)25(29)33)23(31)16-6-7-20(34-2)19(26)12-16/h3-13,22,31H,1-2H3,(H,28,30)/b23-21+. The van der Waals surface area contributed by atoms with Crippen LogP contribution in [-0.2, 0) is 14.4 Å². The Morgan fingerprint density at radius 3 is 2.50 bits per heavy atom. The summed E-state index contributed by atoms with van der Waals surface area (Å²) in [5, 5.41) is 13.9. The summed E-state index contributed by atoms with van der Waals surface area (Å²) in [4.78, 5) is 43.3. The van der Waals surface area contributed by atoms with Crippen molar-refractivity contribution in [3.8, 4) is 5.75 Å². The Hall–Kier alpha value is -3.98. The second-order valence-corrected chi connectivity index (χ2v) is 8.38. The van der Waals surface area contributed by atoms with Gasteiger partial charge in [0.15, 0.2) is 0 Å². The van der Waals surface area contributed by atoms with Crippen LogP contribution in [0.2, 0.25) is 0 Å². The Morgan fingerprint density at radius 1 is 1.12 bits per heavy atom. The Balaban J connectivity index is 1.90. The summed E-state index contributed by atoms with van der Waals surface area (Å²) in [6.45, 7) is 1.38. The molecule has 1 saturated heterocycles. The number of aliphatic hydroxyl groups excluding tert-OH is 1. The lowest BCUT2D eigenvalue weighted by Gasteiger charge is -2.25. The lowest BCUT2D eigenvalue weighted by molar-refractivity contribution is -0.132. The van der Waals surface area contributed by atoms with Crippen LogP contribution in [-0.4, -0.2) is 34.8 Å². The first-order valence-electron chi connectivity index (χ1n) is 10.2. The molecule has 0 spiro atoms. The van der Waals surface area contributed by atoms with E-state index < -0.39 is 17.7 Å². The van der Waals surface area contributed by atoms with Gasteiger partial charge in [-0.25, -0.2) is 0 Å². The van der Waals surface area contributed by atoms with Gasteiger partial charge in [0.25, 0.3) is 11.7 Å². The van der Waals surface area contributed by atoms with E-state index in [4.69, 9.17) is 4.74 Å². The predicted molar refractivity (Wildman–Crippen MR) is 130 cm³/mol. The van der Waals surface area contributed by atoms with Crippen molar-refractivity contribution in [3.05, 3.63) is 88.2 Å². The van der Waals surface area contributed by atoms with E-state index in [-0.39, 0.29) is 17.2 Å². The highest BCUT2D eigenvalue weighted by atomic mass is 79.9. The van der Waals surface area contributed by atoms with E-state index in [2.05, 4.69) is 26.2 Å². The molecule has 0 aliphatic carbocycles. The molecular formula is C25H20BrN3O5. The number of nitrogens with zero attached hydrogens (tertiary/aromatic N) is 2. The van der Waals surface area contributed by atoms with Crippen LogP contribution in [0.1, 0.15) is 24.1 Å². The number of hydrogen-bond acceptors (Lipinski definition) is 6. The molecule has 1 atom stereocenters. The number of carbonyl (C=O) groups is 3. The minimum absolute atomic E-state index is 0.0572. The molecule has 2 amide bonds. The highest BCUT2D eigenvalue weighted by Gasteiger charge is 2.47. The van der Waals surface area contributed by atoms with Crippen molar-refractivity contribution in [1.82, 2.24) is 4.98 Å². The number of rotatable bonds is 5. The Morgan fingerprint density at radius 2 is 1.85 bits per heavy atom. The molecule has 0 radical (unpaired) electrons. The zero-order chi connectivity index (χ0) is 24.4. The molecule has 4 rings (SSSR count). The molecular weight excluding hydrogens is 502 g/mol. The van der Waals surface area contributed by atoms with Crippen molar-refractivity contribution >= 4 is 50.7 Å². The Kier molecular flexibility index (Phi) is 6.47. The number of halogens is 1. The first kappa shape index (κ1) is 23.2. The molecule has 1 unspecified atom stereocenters. The van der Waals surface area contributed by atoms with Crippen molar-refractivity contribution in [2.45, 2.75) is 13.0 Å². The number of pyridine rings is 1. The van der Waals surface area contributed by atoms with Crippen molar-refractivity contribution in [2.24, 2.45) is 0 Å². The summed E-state index contributed by atoms with van der Waals surface area (Å²) in [6.07, 6.45) is 3.10. The van der Waals surface area contributed by atoms with Crippen LogP contribution in [0, 0.1) is 0 Å². The molecule has 2 heterocycles. The van der Waals surface area contributed by atoms with Gasteiger partial charge < -0.3 is 15.2 Å². The number of nitrogens with one attached hydrogen (secondary N) is 1. The third kappa shape index (κ3) is 4.29. The number of methoxy groups -OCH3 is 1. The zero-order valence-electron chi connectivity index (χ0n) is 18.3. The number of aliphatic hydroxyl groups is 1. The molecule has 3 aromatic rings. The number of carbonyl (C=O) groups excluding carboxylic acids is 3. The van der Waals surface area contributed by atoms with Crippen LogP contribution < -0.4 is 15.0 Å². The fourth-order valence-electron chi connectivity index (χ4n) is 3.87. The van der Waals surface area contributed by atoms with Gasteiger partial charge >= 0.3 is 0 Å². The highest BCUT2D eigenvalue weighted by Crippen LogP contribution is 2.43. The van der Waals surface area contributed by atoms with Crippen LogP contribution in [0.4, 0.5) is 11.4 Å². The smallest absolute Gasteiger partial charge is 0.300 e. The molecule has 1 aliphatic heterocycles. The largest absolute Gasteiger partial charge is 0.507 e. The number of benzene rings is 2. The Labute approximate surface area is 204 Å². The van der Waals surface area contributed by atoms with Gasteiger partial charge in [-0.2, -0.15) is 0 Å². The van der Waals surface area contributed by atoms with Crippen molar-refractivity contribution in [1.29, 1.82) is 0 Å². The summed E-state index contributed by atoms with van der Waals surface area (Å²) >= 11 is 3.38. The van der Waals surface area contributed by atoms with Gasteiger partial charge in [0.1, 0.15) is 11.5 Å². The second kappa shape index (κ2) is 9.48. The van der Waals surface area contributed by atoms with Gasteiger partial charge in [-0.1, -0.05) is 6.07 Å². The summed E-state index contributed by atoms with van der Waals surface area (Å²) < 4.78 is 5.82. The summed E-state index contributed by atoms with van der Waals surface area (Å²) in [6, 6.07) is 13.9. The van der Waals surface area contributed by atoms with E-state index in [1.807, 2.05) is 0 Å². The van der Waals surface area contributed by atoms with E-state index in [0.717, 1.165) is 0 Å². The fraction of sp³-hybridized carbons (Fsp3) is 0.120. The Bertz CT molecular complexity index is 1320. The van der Waals surface area contributed by atoms with Crippen LogP contribution in [0.3, 0.4) is 0 Å². The molecule has 9 heteroatoms. The van der Waals surface area contributed by atoms with E-state index in [0.29, 0.717) is 32.7 Å². The van der Waals surface area contributed by atoms with Crippen molar-refractivity contribution in [3.63, 3.8) is 0 Å². The second-order valence-electron chi connectivity index (χ2n) is 7.53. The van der Waals surface area contributed by atoms with Gasteiger partial charge in [0.05, 0.1) is 23.2 Å². The summed E-state index contributed by atoms with van der Waals surface area (Å²) in [7, 11) is 1.52. The number of ether oxygens (including phenoxy) is 1. The zero-order valence-corrected chi connectivity index (χ0v) is 19.9.